The lowest BCUT2D eigenvalue weighted by atomic mass is 10.0. The fourth-order valence-corrected chi connectivity index (χ4v) is 3.32. The smallest absolute Gasteiger partial charge is 0.249 e. The van der Waals surface area contributed by atoms with Crippen LogP contribution in [0.1, 0.15) is 28.1 Å². The zero-order chi connectivity index (χ0) is 16.9. The number of aromatic amines is 1. The van der Waals surface area contributed by atoms with E-state index in [1.165, 1.54) is 17.8 Å². The first kappa shape index (κ1) is 16.1. The minimum atomic E-state index is -0.212. The number of aryl methyl sites for hydroxylation is 1. The van der Waals surface area contributed by atoms with Gasteiger partial charge in [0.05, 0.1) is 22.0 Å². The van der Waals surface area contributed by atoms with Gasteiger partial charge in [0, 0.05) is 12.1 Å². The first-order chi connectivity index (χ1) is 11.7. The van der Waals surface area contributed by atoms with Crippen LogP contribution in [0.2, 0.25) is 0 Å². The van der Waals surface area contributed by atoms with E-state index in [1.54, 1.807) is 0 Å². The maximum absolute atomic E-state index is 12.0. The predicted octanol–water partition coefficient (Wildman–Crippen LogP) is 3.43. The van der Waals surface area contributed by atoms with Gasteiger partial charge in [0.15, 0.2) is 0 Å². The van der Waals surface area contributed by atoms with Crippen LogP contribution in [0.3, 0.4) is 0 Å². The van der Waals surface area contributed by atoms with Crippen molar-refractivity contribution >= 4 is 11.8 Å². The first-order valence-corrected chi connectivity index (χ1v) is 8.39. The molecule has 2 heterocycles. The molecule has 2 aromatic heterocycles. The summed E-state index contributed by atoms with van der Waals surface area (Å²) >= 11 is 1.37. The Hall–Kier alpha value is -2.78. The summed E-state index contributed by atoms with van der Waals surface area (Å²) in [6, 6.07) is 15.3. The maximum atomic E-state index is 12.0. The number of rotatable bonds is 5. The Labute approximate surface area is 143 Å². The van der Waals surface area contributed by atoms with Gasteiger partial charge >= 0.3 is 0 Å². The molecule has 3 aromatic rings. The van der Waals surface area contributed by atoms with E-state index < -0.39 is 0 Å². The fourth-order valence-electron chi connectivity index (χ4n) is 2.40. The van der Waals surface area contributed by atoms with Gasteiger partial charge in [-0.2, -0.15) is 5.26 Å². The normalized spacial score (nSPS) is 10.5. The summed E-state index contributed by atoms with van der Waals surface area (Å²) in [6.07, 6.45) is 0.544. The highest BCUT2D eigenvalue weighted by Crippen LogP contribution is 2.26. The van der Waals surface area contributed by atoms with Gasteiger partial charge in [-0.1, -0.05) is 47.3 Å². The minimum Gasteiger partial charge on any atom is -0.360 e. The summed E-state index contributed by atoms with van der Waals surface area (Å²) in [7, 11) is 0. The van der Waals surface area contributed by atoms with Gasteiger partial charge in [-0.05, 0) is 24.5 Å². The number of benzene rings is 1. The van der Waals surface area contributed by atoms with Crippen LogP contribution in [0.15, 0.2) is 56.8 Å². The molecule has 1 N–H and O–H groups in total. The first-order valence-electron chi connectivity index (χ1n) is 7.41. The molecule has 0 bridgehead atoms. The van der Waals surface area contributed by atoms with E-state index in [1.807, 2.05) is 43.3 Å². The third-order valence-electron chi connectivity index (χ3n) is 3.47. The largest absolute Gasteiger partial charge is 0.360 e. The number of aromatic nitrogens is 2. The summed E-state index contributed by atoms with van der Waals surface area (Å²) in [5.41, 5.74) is 2.87. The molecule has 0 saturated carbocycles. The van der Waals surface area contributed by atoms with Crippen molar-refractivity contribution in [3.63, 3.8) is 0 Å². The molecule has 0 atom stereocenters. The van der Waals surface area contributed by atoms with E-state index in [-0.39, 0.29) is 5.56 Å². The highest BCUT2D eigenvalue weighted by atomic mass is 32.2. The van der Waals surface area contributed by atoms with Gasteiger partial charge in [-0.25, -0.2) is 0 Å². The summed E-state index contributed by atoms with van der Waals surface area (Å²) < 4.78 is 5.17. The Kier molecular flexibility index (Phi) is 4.82. The second kappa shape index (κ2) is 7.20. The molecule has 0 spiro atoms. The molecular weight excluding hydrogens is 322 g/mol. The number of pyridine rings is 1. The van der Waals surface area contributed by atoms with Crippen LogP contribution in [0.4, 0.5) is 0 Å². The Morgan fingerprint density at radius 1 is 1.29 bits per heavy atom. The van der Waals surface area contributed by atoms with Gasteiger partial charge in [0.25, 0.3) is 0 Å². The minimum absolute atomic E-state index is 0.212. The maximum Gasteiger partial charge on any atom is 0.249 e. The van der Waals surface area contributed by atoms with Crippen LogP contribution in [0, 0.1) is 18.3 Å². The van der Waals surface area contributed by atoms with Crippen LogP contribution >= 0.6 is 11.8 Å². The molecule has 24 heavy (non-hydrogen) atoms. The molecule has 5 nitrogen and oxygen atoms in total. The van der Waals surface area contributed by atoms with Crippen LogP contribution in [-0.2, 0) is 12.2 Å². The average molecular weight is 337 g/mol. The van der Waals surface area contributed by atoms with E-state index in [9.17, 15) is 10.1 Å². The number of H-pyrrole nitrogens is 1. The molecule has 1 aromatic carbocycles. The quantitative estimate of drug-likeness (QED) is 0.721. The number of hydrogen-bond donors (Lipinski definition) is 1. The van der Waals surface area contributed by atoms with Crippen molar-refractivity contribution in [1.82, 2.24) is 10.1 Å². The van der Waals surface area contributed by atoms with Gasteiger partial charge in [0.2, 0.25) is 5.56 Å². The second-order valence-corrected chi connectivity index (χ2v) is 6.35. The number of nitrogens with zero attached hydrogens (tertiary/aromatic N) is 2. The Morgan fingerprint density at radius 2 is 2.08 bits per heavy atom. The van der Waals surface area contributed by atoms with Gasteiger partial charge in [-0.15, -0.1) is 0 Å². The monoisotopic (exact) mass is 337 g/mol. The molecule has 120 valence electrons. The molecule has 0 radical (unpaired) electrons. The number of hydrogen-bond acceptors (Lipinski definition) is 5. The van der Waals surface area contributed by atoms with Crippen LogP contribution in [0.5, 0.6) is 0 Å². The molecule has 0 saturated heterocycles. The van der Waals surface area contributed by atoms with E-state index in [2.05, 4.69) is 16.2 Å². The number of thioether (sulfide) groups is 1. The number of nitriles is 1. The van der Waals surface area contributed by atoms with Crippen molar-refractivity contribution in [3.05, 3.63) is 81.0 Å². The Morgan fingerprint density at radius 3 is 2.75 bits per heavy atom. The molecule has 3 rings (SSSR count). The lowest BCUT2D eigenvalue weighted by molar-refractivity contribution is 0.391. The molecule has 0 aliphatic rings. The van der Waals surface area contributed by atoms with Crippen molar-refractivity contribution in [1.29, 1.82) is 5.26 Å². The predicted molar refractivity (Wildman–Crippen MR) is 91.8 cm³/mol. The number of nitrogens with one attached hydrogen (secondary N) is 1. The standard InChI is InChI=1S/C18H15N3O2S/c1-12-7-15(23-21-12)11-24-18-16(10-19)14(9-17(22)20-18)8-13-5-3-2-4-6-13/h2-7,9H,8,11H2,1H3,(H,20,22). The molecule has 0 unspecified atom stereocenters. The zero-order valence-corrected chi connectivity index (χ0v) is 13.9. The Bertz CT molecular complexity index is 939. The van der Waals surface area contributed by atoms with Crippen molar-refractivity contribution in [2.75, 3.05) is 0 Å². The van der Waals surface area contributed by atoms with Crippen LogP contribution in [-0.4, -0.2) is 10.1 Å². The molecule has 0 aliphatic carbocycles. The van der Waals surface area contributed by atoms with Gasteiger partial charge in [-0.3, -0.25) is 4.79 Å². The fraction of sp³-hybridized carbons (Fsp3) is 0.167. The average Bonchev–Trinajstić information content (AvgIpc) is 2.99. The van der Waals surface area contributed by atoms with Crippen molar-refractivity contribution in [2.45, 2.75) is 24.1 Å². The zero-order valence-electron chi connectivity index (χ0n) is 13.1. The molecule has 0 aliphatic heterocycles. The van der Waals surface area contributed by atoms with E-state index in [0.717, 1.165) is 16.8 Å². The van der Waals surface area contributed by atoms with Gasteiger partial charge in [0.1, 0.15) is 11.8 Å². The molecule has 6 heteroatoms. The van der Waals surface area contributed by atoms with Crippen molar-refractivity contribution in [2.24, 2.45) is 0 Å². The molecule has 0 amide bonds. The highest BCUT2D eigenvalue weighted by molar-refractivity contribution is 7.98. The summed E-state index contributed by atoms with van der Waals surface area (Å²) in [4.78, 5) is 14.7. The van der Waals surface area contributed by atoms with E-state index >= 15 is 0 Å². The van der Waals surface area contributed by atoms with E-state index in [0.29, 0.717) is 28.5 Å². The second-order valence-electron chi connectivity index (χ2n) is 5.36. The molecule has 0 fully saturated rings. The lowest BCUT2D eigenvalue weighted by Crippen LogP contribution is -2.10. The topological polar surface area (TPSA) is 82.7 Å². The van der Waals surface area contributed by atoms with Crippen molar-refractivity contribution < 1.29 is 4.52 Å². The summed E-state index contributed by atoms with van der Waals surface area (Å²) in [5, 5.41) is 13.9. The van der Waals surface area contributed by atoms with Crippen molar-refractivity contribution in [3.8, 4) is 6.07 Å². The van der Waals surface area contributed by atoms with Gasteiger partial charge < -0.3 is 9.51 Å². The highest BCUT2D eigenvalue weighted by Gasteiger charge is 2.13. The SMILES string of the molecule is Cc1cc(CSc2[nH]c(=O)cc(Cc3ccccc3)c2C#N)on1. The molecular formula is C18H15N3O2S. The third kappa shape index (κ3) is 3.76. The third-order valence-corrected chi connectivity index (χ3v) is 4.50. The Balaban J connectivity index is 1.89. The summed E-state index contributed by atoms with van der Waals surface area (Å²) in [6.45, 7) is 1.85. The van der Waals surface area contributed by atoms with E-state index in [4.69, 9.17) is 4.52 Å². The van der Waals surface area contributed by atoms with Crippen LogP contribution in [0.25, 0.3) is 0 Å². The summed E-state index contributed by atoms with van der Waals surface area (Å²) in [5.74, 6) is 1.20. The van der Waals surface area contributed by atoms with Crippen LogP contribution < -0.4 is 5.56 Å². The lowest BCUT2D eigenvalue weighted by Gasteiger charge is -2.08.